The third-order valence-electron chi connectivity index (χ3n) is 5.20. The lowest BCUT2D eigenvalue weighted by atomic mass is 10.1. The summed E-state index contributed by atoms with van der Waals surface area (Å²) in [4.78, 5) is 27.8. The van der Waals surface area contributed by atoms with Crippen LogP contribution < -0.4 is 10.1 Å². The Hall–Kier alpha value is -2.34. The van der Waals surface area contributed by atoms with E-state index in [-0.39, 0.29) is 11.8 Å². The molecule has 1 heterocycles. The normalized spacial score (nSPS) is 14.1. The summed E-state index contributed by atoms with van der Waals surface area (Å²) in [5.74, 6) is 0.321. The largest absolute Gasteiger partial charge is 0.493 e. The SMILES string of the molecule is CCCCOc1ccc(Br)cc1C(=O)Nc1cccc(C(=O)N2CCCCCC2)c1. The molecule has 0 saturated carbocycles. The Morgan fingerprint density at radius 3 is 2.57 bits per heavy atom. The molecule has 0 spiro atoms. The third-order valence-corrected chi connectivity index (χ3v) is 5.70. The number of rotatable bonds is 7. The van der Waals surface area contributed by atoms with Gasteiger partial charge in [0.05, 0.1) is 12.2 Å². The zero-order valence-electron chi connectivity index (χ0n) is 17.5. The molecule has 0 unspecified atom stereocenters. The lowest BCUT2D eigenvalue weighted by Gasteiger charge is -2.20. The predicted molar refractivity (Wildman–Crippen MR) is 123 cm³/mol. The van der Waals surface area contributed by atoms with E-state index >= 15 is 0 Å². The maximum Gasteiger partial charge on any atom is 0.259 e. The van der Waals surface area contributed by atoms with Gasteiger partial charge in [-0.05, 0) is 55.7 Å². The number of halogens is 1. The highest BCUT2D eigenvalue weighted by Gasteiger charge is 2.19. The second-order valence-corrected chi connectivity index (χ2v) is 8.50. The van der Waals surface area contributed by atoms with E-state index in [9.17, 15) is 9.59 Å². The Morgan fingerprint density at radius 2 is 1.83 bits per heavy atom. The van der Waals surface area contributed by atoms with Gasteiger partial charge in [0.2, 0.25) is 0 Å². The van der Waals surface area contributed by atoms with Crippen LogP contribution in [0.5, 0.6) is 5.75 Å². The van der Waals surface area contributed by atoms with E-state index in [2.05, 4.69) is 28.2 Å². The monoisotopic (exact) mass is 472 g/mol. The molecule has 2 amide bonds. The van der Waals surface area contributed by atoms with Crippen LogP contribution in [0.4, 0.5) is 5.69 Å². The molecule has 0 bridgehead atoms. The van der Waals surface area contributed by atoms with Gasteiger partial charge >= 0.3 is 0 Å². The molecule has 1 N–H and O–H groups in total. The molecule has 0 radical (unpaired) electrons. The van der Waals surface area contributed by atoms with E-state index in [0.717, 1.165) is 43.2 Å². The predicted octanol–water partition coefficient (Wildman–Crippen LogP) is 5.90. The number of hydrogen-bond acceptors (Lipinski definition) is 3. The number of amides is 2. The summed E-state index contributed by atoms with van der Waals surface area (Å²) in [7, 11) is 0. The second kappa shape index (κ2) is 11.2. The number of ether oxygens (including phenoxy) is 1. The molecule has 1 saturated heterocycles. The van der Waals surface area contributed by atoms with Crippen LogP contribution >= 0.6 is 15.9 Å². The van der Waals surface area contributed by atoms with Crippen molar-refractivity contribution in [2.24, 2.45) is 0 Å². The molecule has 0 aromatic heterocycles. The highest BCUT2D eigenvalue weighted by atomic mass is 79.9. The number of unbranched alkanes of at least 4 members (excludes halogenated alkanes) is 1. The van der Waals surface area contributed by atoms with Crippen LogP contribution in [0.1, 0.15) is 66.2 Å². The molecular formula is C24H29BrN2O3. The average molecular weight is 473 g/mol. The summed E-state index contributed by atoms with van der Waals surface area (Å²) in [6.45, 7) is 4.26. The van der Waals surface area contributed by atoms with Gasteiger partial charge in [-0.2, -0.15) is 0 Å². The van der Waals surface area contributed by atoms with Gasteiger partial charge in [-0.1, -0.05) is 48.2 Å². The lowest BCUT2D eigenvalue weighted by Crippen LogP contribution is -2.31. The summed E-state index contributed by atoms with van der Waals surface area (Å²) in [6, 6.07) is 12.6. The number of carbonyl (C=O) groups is 2. The summed E-state index contributed by atoms with van der Waals surface area (Å²) in [5.41, 5.74) is 1.66. The van der Waals surface area contributed by atoms with Gasteiger partial charge in [0, 0.05) is 28.8 Å². The molecule has 1 aliphatic rings. The van der Waals surface area contributed by atoms with Crippen molar-refractivity contribution >= 4 is 33.4 Å². The highest BCUT2D eigenvalue weighted by molar-refractivity contribution is 9.10. The van der Waals surface area contributed by atoms with Crippen molar-refractivity contribution in [2.75, 3.05) is 25.0 Å². The van der Waals surface area contributed by atoms with E-state index in [4.69, 9.17) is 4.74 Å². The molecule has 6 heteroatoms. The quantitative estimate of drug-likeness (QED) is 0.510. The van der Waals surface area contributed by atoms with Crippen LogP contribution in [-0.4, -0.2) is 36.4 Å². The Bertz CT molecular complexity index is 877. The van der Waals surface area contributed by atoms with Crippen LogP contribution in [0.3, 0.4) is 0 Å². The molecule has 1 fully saturated rings. The van der Waals surface area contributed by atoms with Crippen molar-refractivity contribution in [3.63, 3.8) is 0 Å². The maximum atomic E-state index is 12.9. The number of carbonyl (C=O) groups excluding carboxylic acids is 2. The first-order valence-electron chi connectivity index (χ1n) is 10.7. The van der Waals surface area contributed by atoms with E-state index in [1.807, 2.05) is 11.0 Å². The Kier molecular flexibility index (Phi) is 8.31. The topological polar surface area (TPSA) is 58.6 Å². The Labute approximate surface area is 186 Å². The Morgan fingerprint density at radius 1 is 1.07 bits per heavy atom. The molecule has 2 aromatic carbocycles. The first-order chi connectivity index (χ1) is 14.6. The van der Waals surface area contributed by atoms with E-state index in [0.29, 0.717) is 29.2 Å². The van der Waals surface area contributed by atoms with Crippen LogP contribution in [0.2, 0.25) is 0 Å². The molecular weight excluding hydrogens is 444 g/mol. The average Bonchev–Trinajstić information content (AvgIpc) is 3.04. The molecule has 3 rings (SSSR count). The number of benzene rings is 2. The first-order valence-corrected chi connectivity index (χ1v) is 11.5. The van der Waals surface area contributed by atoms with Gasteiger partial charge in [0.25, 0.3) is 11.8 Å². The van der Waals surface area contributed by atoms with E-state index in [1.54, 1.807) is 36.4 Å². The zero-order valence-corrected chi connectivity index (χ0v) is 19.0. The van der Waals surface area contributed by atoms with Crippen LogP contribution in [0, 0.1) is 0 Å². The number of anilines is 1. The van der Waals surface area contributed by atoms with Crippen LogP contribution in [0.15, 0.2) is 46.9 Å². The van der Waals surface area contributed by atoms with Gasteiger partial charge < -0.3 is 15.0 Å². The fourth-order valence-corrected chi connectivity index (χ4v) is 3.88. The van der Waals surface area contributed by atoms with Crippen LogP contribution in [-0.2, 0) is 0 Å². The fourth-order valence-electron chi connectivity index (χ4n) is 3.52. The third kappa shape index (κ3) is 6.08. The molecule has 2 aromatic rings. The van der Waals surface area contributed by atoms with Crippen molar-refractivity contribution in [3.05, 3.63) is 58.1 Å². The summed E-state index contributed by atoms with van der Waals surface area (Å²) in [5, 5.41) is 2.92. The summed E-state index contributed by atoms with van der Waals surface area (Å²) in [6.07, 6.45) is 6.40. The van der Waals surface area contributed by atoms with Crippen molar-refractivity contribution in [2.45, 2.75) is 45.4 Å². The van der Waals surface area contributed by atoms with E-state index in [1.165, 1.54) is 12.8 Å². The highest BCUT2D eigenvalue weighted by Crippen LogP contribution is 2.25. The Balaban J connectivity index is 1.73. The van der Waals surface area contributed by atoms with Crippen LogP contribution in [0.25, 0.3) is 0 Å². The smallest absolute Gasteiger partial charge is 0.259 e. The van der Waals surface area contributed by atoms with Crippen molar-refractivity contribution < 1.29 is 14.3 Å². The second-order valence-electron chi connectivity index (χ2n) is 7.58. The molecule has 160 valence electrons. The van der Waals surface area contributed by atoms with E-state index < -0.39 is 0 Å². The maximum absolute atomic E-state index is 12.9. The van der Waals surface area contributed by atoms with Crippen molar-refractivity contribution in [3.8, 4) is 5.75 Å². The van der Waals surface area contributed by atoms with Crippen molar-refractivity contribution in [1.29, 1.82) is 0 Å². The first kappa shape index (κ1) is 22.3. The lowest BCUT2D eigenvalue weighted by molar-refractivity contribution is 0.0761. The standard InChI is InChI=1S/C24H29BrN2O3/c1-2-3-15-30-22-12-11-19(25)17-21(22)23(28)26-20-10-8-9-18(16-20)24(29)27-13-6-4-5-7-14-27/h8-12,16-17H,2-7,13-15H2,1H3,(H,26,28). The van der Waals surface area contributed by atoms with Gasteiger partial charge in [-0.25, -0.2) is 0 Å². The zero-order chi connectivity index (χ0) is 21.3. The number of hydrogen-bond donors (Lipinski definition) is 1. The number of nitrogens with one attached hydrogen (secondary N) is 1. The summed E-state index contributed by atoms with van der Waals surface area (Å²) < 4.78 is 6.61. The van der Waals surface area contributed by atoms with Gasteiger partial charge in [0.1, 0.15) is 5.75 Å². The minimum atomic E-state index is -0.262. The minimum Gasteiger partial charge on any atom is -0.493 e. The molecule has 0 aliphatic carbocycles. The number of likely N-dealkylation sites (tertiary alicyclic amines) is 1. The fraction of sp³-hybridized carbons (Fsp3) is 0.417. The number of nitrogens with zero attached hydrogens (tertiary/aromatic N) is 1. The van der Waals surface area contributed by atoms with Gasteiger partial charge in [0.15, 0.2) is 0 Å². The van der Waals surface area contributed by atoms with Gasteiger partial charge in [-0.3, -0.25) is 9.59 Å². The molecule has 0 atom stereocenters. The molecule has 30 heavy (non-hydrogen) atoms. The van der Waals surface area contributed by atoms with Gasteiger partial charge in [-0.15, -0.1) is 0 Å². The minimum absolute atomic E-state index is 0.0269. The van der Waals surface area contributed by atoms with Crippen molar-refractivity contribution in [1.82, 2.24) is 4.90 Å². The molecule has 5 nitrogen and oxygen atoms in total. The summed E-state index contributed by atoms with van der Waals surface area (Å²) >= 11 is 3.43. The molecule has 1 aliphatic heterocycles.